The minimum atomic E-state index is -1.93. The fraction of sp³-hybridized carbons (Fsp3) is 1.00. The minimum Gasteiger partial charge on any atom is -0.381 e. The zero-order valence-corrected chi connectivity index (χ0v) is 17.7. The molecule has 0 rings (SSSR count). The van der Waals surface area contributed by atoms with Crippen LogP contribution in [-0.4, -0.2) is 26.9 Å². The van der Waals surface area contributed by atoms with Crippen LogP contribution >= 0.6 is 8.25 Å². The smallest absolute Gasteiger partial charge is 0.381 e. The van der Waals surface area contributed by atoms with Gasteiger partial charge in [0.1, 0.15) is 6.61 Å². The first-order valence-corrected chi connectivity index (χ1v) is 11.6. The summed E-state index contributed by atoms with van der Waals surface area (Å²) < 4.78 is 25.9. The van der Waals surface area contributed by atoms with Crippen molar-refractivity contribution in [1.29, 1.82) is 0 Å². The molecule has 0 radical (unpaired) electrons. The molecule has 0 aromatic carbocycles. The van der Waals surface area contributed by atoms with Crippen molar-refractivity contribution >= 4 is 8.25 Å². The highest BCUT2D eigenvalue weighted by Gasteiger charge is 2.15. The molecule has 0 saturated carbocycles. The maximum absolute atomic E-state index is 10.9. The van der Waals surface area contributed by atoms with Crippen LogP contribution in [-0.2, 0) is 18.3 Å². The molecule has 5 heteroatoms. The van der Waals surface area contributed by atoms with Gasteiger partial charge in [-0.15, -0.1) is 9.05 Å². The van der Waals surface area contributed by atoms with Crippen LogP contribution in [0.15, 0.2) is 0 Å². The van der Waals surface area contributed by atoms with Gasteiger partial charge in [-0.3, -0.25) is 0 Å². The van der Waals surface area contributed by atoms with Crippen molar-refractivity contribution in [2.45, 2.75) is 103 Å². The summed E-state index contributed by atoms with van der Waals surface area (Å²) in [7, 11) is -0.549. The monoisotopic (exact) mass is 377 g/mol. The molecule has 0 N–H and O–H groups in total. The molecule has 25 heavy (non-hydrogen) atoms. The van der Waals surface area contributed by atoms with Crippen molar-refractivity contribution < 1.29 is 18.3 Å². The highest BCUT2D eigenvalue weighted by molar-refractivity contribution is 7.33. The van der Waals surface area contributed by atoms with Crippen LogP contribution in [0.25, 0.3) is 0 Å². The van der Waals surface area contributed by atoms with Crippen LogP contribution in [0, 0.1) is 0 Å². The minimum absolute atomic E-state index is 0.432. The van der Waals surface area contributed by atoms with Crippen LogP contribution in [0.1, 0.15) is 103 Å². The molecule has 0 aliphatic heterocycles. The third-order valence-electron chi connectivity index (χ3n) is 4.42. The second kappa shape index (κ2) is 22.0. The first kappa shape index (κ1) is 25.0. The van der Waals surface area contributed by atoms with Gasteiger partial charge in [-0.05, 0) is 12.8 Å². The Morgan fingerprint density at radius 1 is 0.600 bits per heavy atom. The number of hydrogen-bond acceptors (Lipinski definition) is 4. The summed E-state index contributed by atoms with van der Waals surface area (Å²) >= 11 is 0. The van der Waals surface area contributed by atoms with Crippen LogP contribution in [0.2, 0.25) is 0 Å². The van der Waals surface area contributed by atoms with Crippen molar-refractivity contribution in [3.63, 3.8) is 0 Å². The van der Waals surface area contributed by atoms with Crippen LogP contribution < -0.4 is 0 Å². The molecule has 0 heterocycles. The fourth-order valence-corrected chi connectivity index (χ4v) is 3.24. The Bertz CT molecular complexity index is 274. The lowest BCUT2D eigenvalue weighted by atomic mass is 10.0. The molecule has 0 amide bonds. The van der Waals surface area contributed by atoms with Crippen LogP contribution in [0.3, 0.4) is 0 Å². The molecule has 0 bridgehead atoms. The van der Waals surface area contributed by atoms with E-state index in [0.29, 0.717) is 13.2 Å². The molecule has 4 nitrogen and oxygen atoms in total. The highest BCUT2D eigenvalue weighted by atomic mass is 31.1. The number of rotatable bonds is 21. The second-order valence-corrected chi connectivity index (χ2v) is 7.87. The Kier molecular flexibility index (Phi) is 22.0. The van der Waals surface area contributed by atoms with E-state index in [1.54, 1.807) is 0 Å². The largest absolute Gasteiger partial charge is 0.697 e. The topological polar surface area (TPSA) is 44.8 Å². The Morgan fingerprint density at radius 3 is 1.52 bits per heavy atom. The Labute approximate surface area is 157 Å². The molecule has 1 unspecified atom stereocenters. The Hall–Kier alpha value is -0.0200. The van der Waals surface area contributed by atoms with Crippen molar-refractivity contribution in [2.24, 2.45) is 0 Å². The van der Waals surface area contributed by atoms with E-state index in [2.05, 4.69) is 11.4 Å². The summed E-state index contributed by atoms with van der Waals surface area (Å²) in [6.45, 7) is 4.21. The van der Waals surface area contributed by atoms with Gasteiger partial charge in [0.25, 0.3) is 0 Å². The lowest BCUT2D eigenvalue weighted by Crippen LogP contribution is -2.00. The molecule has 0 aliphatic carbocycles. The molecule has 0 saturated heterocycles. The Balaban J connectivity index is 2.99. The highest BCUT2D eigenvalue weighted by Crippen LogP contribution is 2.21. The van der Waals surface area contributed by atoms with Crippen molar-refractivity contribution in [2.75, 3.05) is 26.9 Å². The van der Waals surface area contributed by atoms with Gasteiger partial charge in [0.2, 0.25) is 0 Å². The maximum atomic E-state index is 10.9. The van der Waals surface area contributed by atoms with Gasteiger partial charge in [0, 0.05) is 17.8 Å². The van der Waals surface area contributed by atoms with Gasteiger partial charge in [-0.25, -0.2) is 0 Å². The summed E-state index contributed by atoms with van der Waals surface area (Å²) in [5.74, 6) is 0. The van der Waals surface area contributed by atoms with Gasteiger partial charge < -0.3 is 4.74 Å². The predicted molar refractivity (Wildman–Crippen MR) is 106 cm³/mol. The molecular weight excluding hydrogens is 335 g/mol. The fourth-order valence-electron chi connectivity index (χ4n) is 2.85. The lowest BCUT2D eigenvalue weighted by molar-refractivity contribution is 0.114. The third-order valence-corrected chi connectivity index (χ3v) is 5.11. The van der Waals surface area contributed by atoms with Gasteiger partial charge >= 0.3 is 8.25 Å². The molecule has 0 spiro atoms. The number of hydrogen-bond donors (Lipinski definition) is 0. The zero-order chi connectivity index (χ0) is 18.4. The summed E-state index contributed by atoms with van der Waals surface area (Å²) in [5, 5.41) is 0. The maximum Gasteiger partial charge on any atom is 0.697 e. The Morgan fingerprint density at radius 2 is 1.04 bits per heavy atom. The normalized spacial score (nSPS) is 11.8. The van der Waals surface area contributed by atoms with E-state index in [-0.39, 0.29) is 0 Å². The summed E-state index contributed by atoms with van der Waals surface area (Å²) in [6, 6.07) is 0. The predicted octanol–water partition coefficient (Wildman–Crippen LogP) is 7.19. The second-order valence-electron chi connectivity index (χ2n) is 6.80. The van der Waals surface area contributed by atoms with E-state index in [1.165, 1.54) is 90.6 Å². The molecule has 0 aliphatic rings. The van der Waals surface area contributed by atoms with Gasteiger partial charge in [0.15, 0.2) is 0 Å². The lowest BCUT2D eigenvalue weighted by Gasteiger charge is -2.04. The quantitative estimate of drug-likeness (QED) is 0.157. The average Bonchev–Trinajstić information content (AvgIpc) is 2.63. The summed E-state index contributed by atoms with van der Waals surface area (Å²) in [6.07, 6.45) is 20.1. The standard InChI is InChI=1S/C20H42O4P/c1-3-4-5-6-7-8-9-10-11-12-13-14-15-16-18-23-19-17-20-24-25(21)22-2/h3-20H2,1-2H3/q+1. The molecular formula is C20H42O4P+. The first-order valence-electron chi connectivity index (χ1n) is 10.5. The van der Waals surface area contributed by atoms with Crippen LogP contribution in [0.4, 0.5) is 0 Å². The number of unbranched alkanes of at least 4 members (excludes halogenated alkanes) is 13. The number of ether oxygens (including phenoxy) is 1. The molecule has 0 aromatic heterocycles. The molecule has 150 valence electrons. The summed E-state index contributed by atoms with van der Waals surface area (Å²) in [4.78, 5) is 0. The van der Waals surface area contributed by atoms with E-state index in [9.17, 15) is 4.57 Å². The van der Waals surface area contributed by atoms with Crippen molar-refractivity contribution in [3.05, 3.63) is 0 Å². The average molecular weight is 378 g/mol. The summed E-state index contributed by atoms with van der Waals surface area (Å²) in [5.41, 5.74) is 0. The molecule has 1 atom stereocenters. The van der Waals surface area contributed by atoms with E-state index in [1.807, 2.05) is 0 Å². The van der Waals surface area contributed by atoms with E-state index < -0.39 is 8.25 Å². The zero-order valence-electron chi connectivity index (χ0n) is 16.8. The first-order chi connectivity index (χ1) is 12.3. The van der Waals surface area contributed by atoms with Gasteiger partial charge in [0.05, 0.1) is 7.11 Å². The van der Waals surface area contributed by atoms with Gasteiger partial charge in [-0.1, -0.05) is 90.4 Å². The van der Waals surface area contributed by atoms with Gasteiger partial charge in [-0.2, -0.15) is 0 Å². The SMILES string of the molecule is CCCCCCCCCCCCCCCCOCCCO[P+](=O)OC. The molecule has 0 fully saturated rings. The van der Waals surface area contributed by atoms with Crippen LogP contribution in [0.5, 0.6) is 0 Å². The third kappa shape index (κ3) is 21.9. The van der Waals surface area contributed by atoms with E-state index in [4.69, 9.17) is 9.26 Å². The van der Waals surface area contributed by atoms with Crippen molar-refractivity contribution in [3.8, 4) is 0 Å². The van der Waals surface area contributed by atoms with E-state index in [0.717, 1.165) is 19.4 Å². The van der Waals surface area contributed by atoms with E-state index >= 15 is 0 Å². The van der Waals surface area contributed by atoms with Crippen molar-refractivity contribution in [1.82, 2.24) is 0 Å². The molecule has 0 aromatic rings.